The van der Waals surface area contributed by atoms with Crippen LogP contribution in [0.4, 0.5) is 0 Å². The molecule has 0 amide bonds. The van der Waals surface area contributed by atoms with Gasteiger partial charge in [-0.2, -0.15) is 0 Å². The van der Waals surface area contributed by atoms with E-state index in [1.165, 1.54) is 64.2 Å². The molecule has 362 valence electrons. The maximum atomic E-state index is 12.7. The third kappa shape index (κ3) is 50.3. The summed E-state index contributed by atoms with van der Waals surface area (Å²) in [6.07, 6.45) is 63.0. The summed E-state index contributed by atoms with van der Waals surface area (Å²) < 4.78 is 35.1. The van der Waals surface area contributed by atoms with Gasteiger partial charge in [0.2, 0.25) is 0 Å². The summed E-state index contributed by atoms with van der Waals surface area (Å²) in [6.45, 7) is 5.40. The number of quaternary nitrogens is 1. The lowest BCUT2D eigenvalue weighted by Gasteiger charge is -2.24. The highest BCUT2D eigenvalue weighted by atomic mass is 31.2. The molecular weight excluding hydrogens is 806 g/mol. The maximum Gasteiger partial charge on any atom is 0.472 e. The summed E-state index contributed by atoms with van der Waals surface area (Å²) >= 11 is 0. The lowest BCUT2D eigenvalue weighted by molar-refractivity contribution is -0.870. The number of phosphoric acid groups is 1. The van der Waals surface area contributed by atoms with Crippen LogP contribution >= 0.6 is 7.82 Å². The van der Waals surface area contributed by atoms with E-state index in [-0.39, 0.29) is 25.8 Å². The molecule has 0 aliphatic carbocycles. The van der Waals surface area contributed by atoms with Crippen LogP contribution in [0.15, 0.2) is 97.2 Å². The zero-order valence-electron chi connectivity index (χ0n) is 41.0. The number of nitrogens with zero attached hydrogens (tertiary/aromatic N) is 1. The molecule has 0 aromatic heterocycles. The highest BCUT2D eigenvalue weighted by Gasteiger charge is 2.26. The van der Waals surface area contributed by atoms with Gasteiger partial charge in [-0.05, 0) is 96.3 Å². The fourth-order valence-corrected chi connectivity index (χ4v) is 7.03. The molecule has 2 atom stereocenters. The van der Waals surface area contributed by atoms with Crippen molar-refractivity contribution in [1.29, 1.82) is 0 Å². The van der Waals surface area contributed by atoms with Crippen molar-refractivity contribution in [2.24, 2.45) is 0 Å². The van der Waals surface area contributed by atoms with Gasteiger partial charge in [0.1, 0.15) is 19.3 Å². The molecule has 0 aromatic rings. The van der Waals surface area contributed by atoms with Gasteiger partial charge in [0.15, 0.2) is 0 Å². The summed E-state index contributed by atoms with van der Waals surface area (Å²) in [5, 5.41) is 0. The van der Waals surface area contributed by atoms with Crippen molar-refractivity contribution in [3.8, 4) is 0 Å². The summed E-state index contributed by atoms with van der Waals surface area (Å²) in [6, 6.07) is 0. The average Bonchev–Trinajstić information content (AvgIpc) is 3.24. The van der Waals surface area contributed by atoms with E-state index in [4.69, 9.17) is 18.5 Å². The second-order valence-electron chi connectivity index (χ2n) is 17.5. The molecule has 0 aliphatic heterocycles. The normalized spacial score (nSPS) is 14.4. The molecule has 0 rings (SSSR count). The highest BCUT2D eigenvalue weighted by molar-refractivity contribution is 7.47. The molecule has 0 aromatic carbocycles. The van der Waals surface area contributed by atoms with Gasteiger partial charge in [0, 0.05) is 13.0 Å². The van der Waals surface area contributed by atoms with Gasteiger partial charge < -0.3 is 18.9 Å². The number of hydrogen-bond acceptors (Lipinski definition) is 6. The SMILES string of the molecule is CC/C=C\C/C=C\C/C=C\C/C=C\C/C=C\C/C=C\CCCCCCCOCC(COP(=O)(O)OCC[N+](C)(C)C)OC(=O)CCCCCCCCC/C=C\C/C=C\CCCCC. The van der Waals surface area contributed by atoms with Crippen molar-refractivity contribution in [3.63, 3.8) is 0 Å². The van der Waals surface area contributed by atoms with Crippen molar-refractivity contribution in [2.45, 2.75) is 187 Å². The number of likely N-dealkylation sites (N-methyl/N-ethyl adjacent to an activating group) is 1. The molecule has 0 fully saturated rings. The third-order valence-corrected chi connectivity index (χ3v) is 11.1. The molecule has 63 heavy (non-hydrogen) atoms. The first-order valence-electron chi connectivity index (χ1n) is 25.0. The molecular formula is C54H95NO7P+. The first-order chi connectivity index (χ1) is 30.6. The Morgan fingerprint density at radius 1 is 0.508 bits per heavy atom. The second-order valence-corrected chi connectivity index (χ2v) is 18.9. The minimum atomic E-state index is -4.29. The number of carbonyl (C=O) groups excluding carboxylic acids is 1. The van der Waals surface area contributed by atoms with Crippen LogP contribution in [0, 0.1) is 0 Å². The molecule has 0 bridgehead atoms. The first kappa shape index (κ1) is 60.4. The minimum Gasteiger partial charge on any atom is -0.457 e. The molecule has 0 saturated heterocycles. The van der Waals surface area contributed by atoms with E-state index in [1.54, 1.807) is 0 Å². The summed E-state index contributed by atoms with van der Waals surface area (Å²) in [5.41, 5.74) is 0. The van der Waals surface area contributed by atoms with Gasteiger partial charge in [-0.15, -0.1) is 0 Å². The summed E-state index contributed by atoms with van der Waals surface area (Å²) in [7, 11) is 1.63. The molecule has 0 radical (unpaired) electrons. The molecule has 0 aliphatic rings. The number of allylic oxidation sites excluding steroid dienone is 16. The Kier molecular flexibility index (Phi) is 44.1. The number of esters is 1. The monoisotopic (exact) mass is 901 g/mol. The van der Waals surface area contributed by atoms with Crippen molar-refractivity contribution in [2.75, 3.05) is 54.1 Å². The average molecular weight is 901 g/mol. The number of phosphoric ester groups is 1. The Balaban J connectivity index is 4.25. The Hall–Kier alpha value is -2.58. The second kappa shape index (κ2) is 46.0. The lowest BCUT2D eigenvalue weighted by Crippen LogP contribution is -2.37. The van der Waals surface area contributed by atoms with Gasteiger partial charge in [0.05, 0.1) is 34.4 Å². The molecule has 9 heteroatoms. The number of hydrogen-bond donors (Lipinski definition) is 1. The predicted octanol–water partition coefficient (Wildman–Crippen LogP) is 15.4. The molecule has 0 heterocycles. The zero-order valence-corrected chi connectivity index (χ0v) is 41.9. The lowest BCUT2D eigenvalue weighted by atomic mass is 10.1. The van der Waals surface area contributed by atoms with Crippen LogP contribution in [0.3, 0.4) is 0 Å². The number of rotatable bonds is 45. The van der Waals surface area contributed by atoms with Gasteiger partial charge in [0.25, 0.3) is 0 Å². The number of carbonyl (C=O) groups is 1. The largest absolute Gasteiger partial charge is 0.472 e. The van der Waals surface area contributed by atoms with E-state index >= 15 is 0 Å². The molecule has 0 spiro atoms. The van der Waals surface area contributed by atoms with Gasteiger partial charge >= 0.3 is 13.8 Å². The van der Waals surface area contributed by atoms with E-state index in [1.807, 2.05) is 21.1 Å². The Bertz CT molecular complexity index is 1320. The number of ether oxygens (including phenoxy) is 2. The topological polar surface area (TPSA) is 91.3 Å². The van der Waals surface area contributed by atoms with Crippen LogP contribution < -0.4 is 0 Å². The maximum absolute atomic E-state index is 12.7. The summed E-state index contributed by atoms with van der Waals surface area (Å²) in [5.74, 6) is -0.333. The van der Waals surface area contributed by atoms with Crippen LogP contribution in [-0.4, -0.2) is 75.6 Å². The van der Waals surface area contributed by atoms with Crippen molar-refractivity contribution in [1.82, 2.24) is 0 Å². The fraction of sp³-hybridized carbons (Fsp3) is 0.685. The van der Waals surface area contributed by atoms with Crippen LogP contribution in [0.2, 0.25) is 0 Å². The quantitative estimate of drug-likeness (QED) is 0.0214. The number of unbranched alkanes of at least 4 members (excludes halogenated alkanes) is 15. The third-order valence-electron chi connectivity index (χ3n) is 10.1. The van der Waals surface area contributed by atoms with Gasteiger partial charge in [-0.25, -0.2) is 4.57 Å². The van der Waals surface area contributed by atoms with Crippen molar-refractivity contribution >= 4 is 13.8 Å². The minimum absolute atomic E-state index is 0.0772. The molecule has 8 nitrogen and oxygen atoms in total. The Morgan fingerprint density at radius 2 is 0.921 bits per heavy atom. The zero-order chi connectivity index (χ0) is 46.2. The highest BCUT2D eigenvalue weighted by Crippen LogP contribution is 2.43. The molecule has 2 unspecified atom stereocenters. The first-order valence-corrected chi connectivity index (χ1v) is 26.5. The van der Waals surface area contributed by atoms with E-state index < -0.39 is 13.9 Å². The van der Waals surface area contributed by atoms with Crippen molar-refractivity contribution in [3.05, 3.63) is 97.2 Å². The van der Waals surface area contributed by atoms with Crippen LogP contribution in [0.25, 0.3) is 0 Å². The smallest absolute Gasteiger partial charge is 0.457 e. The predicted molar refractivity (Wildman–Crippen MR) is 270 cm³/mol. The molecule has 1 N–H and O–H groups in total. The van der Waals surface area contributed by atoms with Crippen LogP contribution in [0.1, 0.15) is 181 Å². The van der Waals surface area contributed by atoms with Crippen LogP contribution in [0.5, 0.6) is 0 Å². The molecule has 0 saturated carbocycles. The van der Waals surface area contributed by atoms with Crippen molar-refractivity contribution < 1.29 is 37.3 Å². The standard InChI is InChI=1S/C54H94NO7P/c1-6-8-10-12-14-16-18-20-22-24-25-26-27-28-29-30-32-34-36-38-40-42-44-46-49-59-51-53(52-61-63(57,58)60-50-48-55(3,4)5)62-54(56)47-45-43-41-39-37-35-33-31-23-21-19-17-15-13-11-9-7-2/h8,10,14-17,20-23,25-26,28-29,32,34,53H,6-7,9,11-13,18-19,24,27,30-31,33,35-52H2,1-5H3/p+1/b10-8-,16-14-,17-15-,22-20-,23-21-,26-25-,29-28-,34-32-. The Labute approximate surface area is 387 Å². The van der Waals surface area contributed by atoms with Crippen LogP contribution in [-0.2, 0) is 27.9 Å². The van der Waals surface area contributed by atoms with E-state index in [9.17, 15) is 14.3 Å². The van der Waals surface area contributed by atoms with E-state index in [0.29, 0.717) is 24.1 Å². The van der Waals surface area contributed by atoms with E-state index in [0.717, 1.165) is 96.3 Å². The summed E-state index contributed by atoms with van der Waals surface area (Å²) in [4.78, 5) is 23.0. The van der Waals surface area contributed by atoms with Gasteiger partial charge in [-0.1, -0.05) is 175 Å². The fourth-order valence-electron chi connectivity index (χ4n) is 6.29. The van der Waals surface area contributed by atoms with E-state index in [2.05, 4.69) is 111 Å². The van der Waals surface area contributed by atoms with Gasteiger partial charge in [-0.3, -0.25) is 13.8 Å². The Morgan fingerprint density at radius 3 is 1.38 bits per heavy atom.